The molecular weight excluding hydrogens is 378 g/mol. The van der Waals surface area contributed by atoms with Crippen LogP contribution in [0.4, 0.5) is 0 Å². The standard InChI is InChI=1S/C24H31N3O3/c1-3-14-27-22(19-9-7-10-20(18-19)30-2)12-11-21(24(27)29)23(28)25-13-8-17-26-15-5-4-6-16-26/h3,7,9-12,18H,1,4-6,8,13-17H2,2H3,(H,25,28). The molecule has 3 rings (SSSR count). The maximum Gasteiger partial charge on any atom is 0.264 e. The zero-order chi connectivity index (χ0) is 21.3. The van der Waals surface area contributed by atoms with Gasteiger partial charge in [0.1, 0.15) is 11.3 Å². The molecule has 1 aliphatic heterocycles. The number of amides is 1. The second-order valence-electron chi connectivity index (χ2n) is 7.58. The summed E-state index contributed by atoms with van der Waals surface area (Å²) in [6, 6.07) is 10.9. The largest absolute Gasteiger partial charge is 0.497 e. The van der Waals surface area contributed by atoms with E-state index in [1.807, 2.05) is 30.3 Å². The Labute approximate surface area is 178 Å². The molecule has 1 fully saturated rings. The van der Waals surface area contributed by atoms with Crippen molar-refractivity contribution in [3.05, 3.63) is 65.0 Å². The molecule has 0 atom stereocenters. The van der Waals surface area contributed by atoms with Gasteiger partial charge in [-0.25, -0.2) is 0 Å². The number of benzene rings is 1. The molecule has 2 heterocycles. The van der Waals surface area contributed by atoms with Gasteiger partial charge in [0.2, 0.25) is 0 Å². The first-order valence-corrected chi connectivity index (χ1v) is 10.6. The van der Waals surface area contributed by atoms with Gasteiger partial charge < -0.3 is 19.5 Å². The minimum Gasteiger partial charge on any atom is -0.497 e. The van der Waals surface area contributed by atoms with E-state index in [-0.39, 0.29) is 17.0 Å². The number of nitrogens with one attached hydrogen (secondary N) is 1. The van der Waals surface area contributed by atoms with Crippen molar-refractivity contribution in [3.8, 4) is 17.0 Å². The molecule has 6 nitrogen and oxygen atoms in total. The minimum atomic E-state index is -0.325. The van der Waals surface area contributed by atoms with Gasteiger partial charge in [0.05, 0.1) is 12.8 Å². The van der Waals surface area contributed by atoms with Gasteiger partial charge in [0.15, 0.2) is 0 Å². The van der Waals surface area contributed by atoms with Crippen molar-refractivity contribution in [1.82, 2.24) is 14.8 Å². The maximum atomic E-state index is 13.0. The fourth-order valence-electron chi connectivity index (χ4n) is 3.88. The highest BCUT2D eigenvalue weighted by molar-refractivity contribution is 5.94. The molecule has 0 unspecified atom stereocenters. The number of hydrogen-bond donors (Lipinski definition) is 1. The van der Waals surface area contributed by atoms with Crippen LogP contribution in [0, 0.1) is 0 Å². The van der Waals surface area contributed by atoms with Crippen LogP contribution < -0.4 is 15.6 Å². The van der Waals surface area contributed by atoms with E-state index in [1.165, 1.54) is 19.3 Å². The fourth-order valence-corrected chi connectivity index (χ4v) is 3.88. The van der Waals surface area contributed by atoms with Gasteiger partial charge in [-0.3, -0.25) is 9.59 Å². The van der Waals surface area contributed by atoms with Gasteiger partial charge in [-0.1, -0.05) is 24.6 Å². The lowest BCUT2D eigenvalue weighted by atomic mass is 10.1. The third-order valence-electron chi connectivity index (χ3n) is 5.48. The van der Waals surface area contributed by atoms with E-state index in [0.29, 0.717) is 18.8 Å². The van der Waals surface area contributed by atoms with Crippen molar-refractivity contribution in [2.24, 2.45) is 0 Å². The smallest absolute Gasteiger partial charge is 0.264 e. The van der Waals surface area contributed by atoms with Crippen LogP contribution in [0.2, 0.25) is 0 Å². The van der Waals surface area contributed by atoms with Crippen molar-refractivity contribution in [2.75, 3.05) is 33.3 Å². The van der Waals surface area contributed by atoms with E-state index in [1.54, 1.807) is 23.8 Å². The van der Waals surface area contributed by atoms with E-state index in [4.69, 9.17) is 4.74 Å². The molecule has 0 spiro atoms. The highest BCUT2D eigenvalue weighted by atomic mass is 16.5. The summed E-state index contributed by atoms with van der Waals surface area (Å²) in [5.74, 6) is 0.384. The fraction of sp³-hybridized carbons (Fsp3) is 0.417. The number of aromatic nitrogens is 1. The van der Waals surface area contributed by atoms with Gasteiger partial charge in [-0.15, -0.1) is 6.58 Å². The first kappa shape index (κ1) is 21.8. The van der Waals surface area contributed by atoms with Crippen LogP contribution in [-0.4, -0.2) is 48.7 Å². The summed E-state index contributed by atoms with van der Waals surface area (Å²) in [5.41, 5.74) is 1.41. The summed E-state index contributed by atoms with van der Waals surface area (Å²) in [6.07, 6.45) is 6.37. The Morgan fingerprint density at radius 1 is 1.20 bits per heavy atom. The second-order valence-corrected chi connectivity index (χ2v) is 7.58. The third kappa shape index (κ3) is 5.39. The Morgan fingerprint density at radius 2 is 2.00 bits per heavy atom. The van der Waals surface area contributed by atoms with Gasteiger partial charge >= 0.3 is 0 Å². The number of allylic oxidation sites excluding steroid dienone is 1. The Morgan fingerprint density at radius 3 is 2.73 bits per heavy atom. The van der Waals surface area contributed by atoms with E-state index in [0.717, 1.165) is 37.3 Å². The monoisotopic (exact) mass is 409 g/mol. The maximum absolute atomic E-state index is 13.0. The predicted molar refractivity (Wildman–Crippen MR) is 120 cm³/mol. The average molecular weight is 410 g/mol. The van der Waals surface area contributed by atoms with Crippen LogP contribution in [-0.2, 0) is 6.54 Å². The number of rotatable bonds is 9. The van der Waals surface area contributed by atoms with Crippen LogP contribution in [0.25, 0.3) is 11.3 Å². The molecule has 1 N–H and O–H groups in total. The molecule has 0 saturated carbocycles. The van der Waals surface area contributed by atoms with Gasteiger partial charge in [-0.2, -0.15) is 0 Å². The summed E-state index contributed by atoms with van der Waals surface area (Å²) < 4.78 is 6.87. The number of nitrogens with zero attached hydrogens (tertiary/aromatic N) is 2. The molecule has 1 saturated heterocycles. The highest BCUT2D eigenvalue weighted by Crippen LogP contribution is 2.23. The molecule has 1 aromatic carbocycles. The lowest BCUT2D eigenvalue weighted by molar-refractivity contribution is 0.0949. The molecule has 1 amide bonds. The minimum absolute atomic E-state index is 0.154. The van der Waals surface area contributed by atoms with Gasteiger partial charge in [0, 0.05) is 18.7 Å². The SMILES string of the molecule is C=CCn1c(-c2cccc(OC)c2)ccc(C(=O)NCCCN2CCCCC2)c1=O. The van der Waals surface area contributed by atoms with E-state index < -0.39 is 0 Å². The van der Waals surface area contributed by atoms with Crippen molar-refractivity contribution in [3.63, 3.8) is 0 Å². The van der Waals surface area contributed by atoms with Crippen molar-refractivity contribution in [2.45, 2.75) is 32.2 Å². The Hall–Kier alpha value is -2.86. The first-order chi connectivity index (χ1) is 14.6. The molecule has 2 aromatic rings. The quantitative estimate of drug-likeness (QED) is 0.510. The molecule has 160 valence electrons. The second kappa shape index (κ2) is 10.8. The number of ether oxygens (including phenoxy) is 1. The van der Waals surface area contributed by atoms with Crippen LogP contribution in [0.1, 0.15) is 36.0 Å². The average Bonchev–Trinajstić information content (AvgIpc) is 2.78. The molecule has 1 aliphatic rings. The van der Waals surface area contributed by atoms with Crippen molar-refractivity contribution < 1.29 is 9.53 Å². The van der Waals surface area contributed by atoms with Gasteiger partial charge in [0.25, 0.3) is 11.5 Å². The highest BCUT2D eigenvalue weighted by Gasteiger charge is 2.16. The summed E-state index contributed by atoms with van der Waals surface area (Å²) in [7, 11) is 1.61. The van der Waals surface area contributed by atoms with Crippen molar-refractivity contribution >= 4 is 5.91 Å². The lowest BCUT2D eigenvalue weighted by Gasteiger charge is -2.26. The number of piperidine rings is 1. The molecule has 0 bridgehead atoms. The zero-order valence-electron chi connectivity index (χ0n) is 17.7. The number of methoxy groups -OCH3 is 1. The number of carbonyl (C=O) groups excluding carboxylic acids is 1. The molecule has 0 aliphatic carbocycles. The van der Waals surface area contributed by atoms with Crippen LogP contribution in [0.5, 0.6) is 5.75 Å². The molecule has 0 radical (unpaired) electrons. The Bertz CT molecular complexity index is 930. The molecule has 6 heteroatoms. The number of carbonyl (C=O) groups is 1. The summed E-state index contributed by atoms with van der Waals surface area (Å²) in [6.45, 7) is 7.91. The number of hydrogen-bond acceptors (Lipinski definition) is 4. The van der Waals surface area contributed by atoms with Crippen LogP contribution in [0.3, 0.4) is 0 Å². The summed E-state index contributed by atoms with van der Waals surface area (Å²) in [4.78, 5) is 28.1. The number of pyridine rings is 1. The Kier molecular flexibility index (Phi) is 7.85. The summed E-state index contributed by atoms with van der Waals surface area (Å²) in [5, 5.41) is 2.90. The normalized spacial score (nSPS) is 14.3. The van der Waals surface area contributed by atoms with Crippen LogP contribution >= 0.6 is 0 Å². The molecular formula is C24H31N3O3. The van der Waals surface area contributed by atoms with Crippen molar-refractivity contribution in [1.29, 1.82) is 0 Å². The van der Waals surface area contributed by atoms with E-state index >= 15 is 0 Å². The van der Waals surface area contributed by atoms with Crippen LogP contribution in [0.15, 0.2) is 53.8 Å². The topological polar surface area (TPSA) is 63.6 Å². The van der Waals surface area contributed by atoms with Gasteiger partial charge in [-0.05, 0) is 63.2 Å². The van der Waals surface area contributed by atoms with E-state index in [9.17, 15) is 9.59 Å². The summed E-state index contributed by atoms with van der Waals surface area (Å²) >= 11 is 0. The molecule has 1 aromatic heterocycles. The lowest BCUT2D eigenvalue weighted by Crippen LogP contribution is -2.36. The first-order valence-electron chi connectivity index (χ1n) is 10.6. The third-order valence-corrected chi connectivity index (χ3v) is 5.48. The van der Waals surface area contributed by atoms with E-state index in [2.05, 4.69) is 16.8 Å². The molecule has 30 heavy (non-hydrogen) atoms. The predicted octanol–water partition coefficient (Wildman–Crippen LogP) is 3.32. The zero-order valence-corrected chi connectivity index (χ0v) is 17.7. The Balaban J connectivity index is 1.71. The number of likely N-dealkylation sites (tertiary alicyclic amines) is 1.